The molecular formula is C14H29N3. The molecule has 0 radical (unpaired) electrons. The van der Waals surface area contributed by atoms with E-state index in [0.29, 0.717) is 0 Å². The Morgan fingerprint density at radius 1 is 1.29 bits per heavy atom. The van der Waals surface area contributed by atoms with E-state index in [4.69, 9.17) is 0 Å². The van der Waals surface area contributed by atoms with Crippen LogP contribution in [0.2, 0.25) is 0 Å². The van der Waals surface area contributed by atoms with Crippen molar-refractivity contribution in [3.8, 4) is 0 Å². The maximum atomic E-state index is 4.27. The highest BCUT2D eigenvalue weighted by Crippen LogP contribution is 2.27. The second-order valence-electron chi connectivity index (χ2n) is 6.47. The molecule has 0 saturated heterocycles. The lowest BCUT2D eigenvalue weighted by molar-refractivity contribution is 0.281. The Morgan fingerprint density at radius 2 is 2.00 bits per heavy atom. The fraction of sp³-hybridized carbons (Fsp3) is 0.929. The SMILES string of the molecule is CN=C(NCC1CCCC(C)C1)NC(C)(C)C. The van der Waals surface area contributed by atoms with E-state index in [0.717, 1.165) is 24.3 Å². The maximum Gasteiger partial charge on any atom is 0.191 e. The third kappa shape index (κ3) is 5.94. The van der Waals surface area contributed by atoms with Crippen molar-refractivity contribution in [1.29, 1.82) is 0 Å². The fourth-order valence-electron chi connectivity index (χ4n) is 2.52. The van der Waals surface area contributed by atoms with Crippen LogP contribution in [-0.4, -0.2) is 25.1 Å². The van der Waals surface area contributed by atoms with Gasteiger partial charge in [-0.3, -0.25) is 4.99 Å². The first-order chi connectivity index (χ1) is 7.90. The molecule has 0 heterocycles. The van der Waals surface area contributed by atoms with Crippen LogP contribution in [0.5, 0.6) is 0 Å². The molecule has 0 bridgehead atoms. The van der Waals surface area contributed by atoms with Crippen molar-refractivity contribution < 1.29 is 0 Å². The molecule has 2 N–H and O–H groups in total. The summed E-state index contributed by atoms with van der Waals surface area (Å²) in [5.74, 6) is 2.64. The van der Waals surface area contributed by atoms with Gasteiger partial charge in [-0.1, -0.05) is 19.8 Å². The molecule has 17 heavy (non-hydrogen) atoms. The number of nitrogens with one attached hydrogen (secondary N) is 2. The molecule has 1 saturated carbocycles. The van der Waals surface area contributed by atoms with Crippen LogP contribution in [0.3, 0.4) is 0 Å². The molecule has 1 aliphatic rings. The van der Waals surface area contributed by atoms with E-state index in [1.54, 1.807) is 0 Å². The Morgan fingerprint density at radius 3 is 2.53 bits per heavy atom. The molecule has 0 aromatic rings. The highest BCUT2D eigenvalue weighted by molar-refractivity contribution is 5.80. The molecule has 0 spiro atoms. The van der Waals surface area contributed by atoms with Crippen molar-refractivity contribution in [1.82, 2.24) is 10.6 Å². The van der Waals surface area contributed by atoms with Crippen LogP contribution in [0.4, 0.5) is 0 Å². The average molecular weight is 239 g/mol. The summed E-state index contributed by atoms with van der Waals surface area (Å²) in [4.78, 5) is 4.27. The van der Waals surface area contributed by atoms with E-state index in [-0.39, 0.29) is 5.54 Å². The van der Waals surface area contributed by atoms with Crippen LogP contribution < -0.4 is 10.6 Å². The zero-order valence-corrected chi connectivity index (χ0v) is 12.1. The van der Waals surface area contributed by atoms with E-state index in [9.17, 15) is 0 Å². The molecule has 3 nitrogen and oxygen atoms in total. The van der Waals surface area contributed by atoms with Crippen molar-refractivity contribution in [2.45, 2.75) is 58.9 Å². The van der Waals surface area contributed by atoms with Gasteiger partial charge in [0.25, 0.3) is 0 Å². The predicted octanol–water partition coefficient (Wildman–Crippen LogP) is 2.78. The van der Waals surface area contributed by atoms with E-state index < -0.39 is 0 Å². The summed E-state index contributed by atoms with van der Waals surface area (Å²) < 4.78 is 0. The summed E-state index contributed by atoms with van der Waals surface area (Å²) in [6, 6.07) is 0. The van der Waals surface area contributed by atoms with Crippen LogP contribution in [0.15, 0.2) is 4.99 Å². The first kappa shape index (κ1) is 14.3. The number of hydrogen-bond acceptors (Lipinski definition) is 1. The predicted molar refractivity (Wildman–Crippen MR) is 75.4 cm³/mol. The smallest absolute Gasteiger partial charge is 0.191 e. The molecule has 2 atom stereocenters. The van der Waals surface area contributed by atoms with Gasteiger partial charge in [0, 0.05) is 19.1 Å². The van der Waals surface area contributed by atoms with Crippen molar-refractivity contribution in [2.75, 3.05) is 13.6 Å². The fourth-order valence-corrected chi connectivity index (χ4v) is 2.52. The minimum absolute atomic E-state index is 0.0711. The zero-order valence-electron chi connectivity index (χ0n) is 12.1. The Bertz CT molecular complexity index is 253. The third-order valence-corrected chi connectivity index (χ3v) is 3.32. The minimum Gasteiger partial charge on any atom is -0.356 e. The molecule has 1 aliphatic carbocycles. The van der Waals surface area contributed by atoms with Gasteiger partial charge in [-0.25, -0.2) is 0 Å². The van der Waals surface area contributed by atoms with Crippen LogP contribution in [0, 0.1) is 11.8 Å². The van der Waals surface area contributed by atoms with Crippen molar-refractivity contribution in [3.05, 3.63) is 0 Å². The van der Waals surface area contributed by atoms with Gasteiger partial charge < -0.3 is 10.6 Å². The average Bonchev–Trinajstić information content (AvgIpc) is 2.23. The van der Waals surface area contributed by atoms with Crippen LogP contribution in [0.25, 0.3) is 0 Å². The Balaban J connectivity index is 2.33. The number of rotatable bonds is 2. The number of guanidine groups is 1. The van der Waals surface area contributed by atoms with Crippen LogP contribution in [0.1, 0.15) is 53.4 Å². The molecule has 2 unspecified atom stereocenters. The second kappa shape index (κ2) is 6.27. The quantitative estimate of drug-likeness (QED) is 0.574. The van der Waals surface area contributed by atoms with Gasteiger partial charge in [0.05, 0.1) is 0 Å². The molecule has 0 aromatic heterocycles. The van der Waals surface area contributed by atoms with Gasteiger partial charge in [-0.05, 0) is 45.4 Å². The minimum atomic E-state index is 0.0711. The Hall–Kier alpha value is -0.730. The number of nitrogens with zero attached hydrogens (tertiary/aromatic N) is 1. The van der Waals surface area contributed by atoms with Crippen LogP contribution >= 0.6 is 0 Å². The van der Waals surface area contributed by atoms with E-state index >= 15 is 0 Å². The summed E-state index contributed by atoms with van der Waals surface area (Å²) in [6.45, 7) is 9.89. The largest absolute Gasteiger partial charge is 0.356 e. The first-order valence-corrected chi connectivity index (χ1v) is 6.89. The van der Waals surface area contributed by atoms with E-state index in [1.165, 1.54) is 25.7 Å². The normalized spacial score (nSPS) is 26.8. The van der Waals surface area contributed by atoms with Gasteiger partial charge in [0.1, 0.15) is 0 Å². The molecule has 0 aromatic carbocycles. The molecule has 100 valence electrons. The molecular weight excluding hydrogens is 210 g/mol. The van der Waals surface area contributed by atoms with Gasteiger partial charge >= 0.3 is 0 Å². The summed E-state index contributed by atoms with van der Waals surface area (Å²) >= 11 is 0. The molecule has 3 heteroatoms. The maximum absolute atomic E-state index is 4.27. The standard InChI is InChI=1S/C14H29N3/c1-11-7-6-8-12(9-11)10-16-13(15-5)17-14(2,3)4/h11-12H,6-10H2,1-5H3,(H2,15,16,17). The summed E-state index contributed by atoms with van der Waals surface area (Å²) in [7, 11) is 1.84. The lowest BCUT2D eigenvalue weighted by atomic mass is 9.82. The van der Waals surface area contributed by atoms with Gasteiger partial charge in [0.2, 0.25) is 0 Å². The summed E-state index contributed by atoms with van der Waals surface area (Å²) in [6.07, 6.45) is 5.52. The first-order valence-electron chi connectivity index (χ1n) is 6.89. The summed E-state index contributed by atoms with van der Waals surface area (Å²) in [5.41, 5.74) is 0.0711. The van der Waals surface area contributed by atoms with E-state index in [1.807, 2.05) is 7.05 Å². The van der Waals surface area contributed by atoms with Crippen LogP contribution in [-0.2, 0) is 0 Å². The van der Waals surface area contributed by atoms with Gasteiger partial charge in [-0.15, -0.1) is 0 Å². The monoisotopic (exact) mass is 239 g/mol. The number of hydrogen-bond donors (Lipinski definition) is 2. The van der Waals surface area contributed by atoms with E-state index in [2.05, 4.69) is 43.3 Å². The lowest BCUT2D eigenvalue weighted by Gasteiger charge is -2.29. The molecule has 1 rings (SSSR count). The van der Waals surface area contributed by atoms with Gasteiger partial charge in [-0.2, -0.15) is 0 Å². The zero-order chi connectivity index (χ0) is 12.9. The summed E-state index contributed by atoms with van der Waals surface area (Å²) in [5, 5.41) is 6.85. The van der Waals surface area contributed by atoms with Crippen molar-refractivity contribution in [3.63, 3.8) is 0 Å². The second-order valence-corrected chi connectivity index (χ2v) is 6.47. The van der Waals surface area contributed by atoms with Gasteiger partial charge in [0.15, 0.2) is 5.96 Å². The van der Waals surface area contributed by atoms with Crippen molar-refractivity contribution in [2.24, 2.45) is 16.8 Å². The molecule has 0 aliphatic heterocycles. The third-order valence-electron chi connectivity index (χ3n) is 3.32. The van der Waals surface area contributed by atoms with Crippen molar-refractivity contribution >= 4 is 5.96 Å². The molecule has 1 fully saturated rings. The topological polar surface area (TPSA) is 36.4 Å². The number of aliphatic imine (C=N–C) groups is 1. The molecule has 0 amide bonds. The Labute approximate surface area is 106 Å². The highest BCUT2D eigenvalue weighted by Gasteiger charge is 2.19. The lowest BCUT2D eigenvalue weighted by Crippen LogP contribution is -2.48. The highest BCUT2D eigenvalue weighted by atomic mass is 15.2. The Kier molecular flexibility index (Phi) is 5.29.